The van der Waals surface area contributed by atoms with Gasteiger partial charge < -0.3 is 13.9 Å². The molecule has 196 valence electrons. The molecule has 1 spiro atoms. The van der Waals surface area contributed by atoms with Crippen molar-refractivity contribution < 1.29 is 18.7 Å². The summed E-state index contributed by atoms with van der Waals surface area (Å²) in [7, 11) is 0.0580. The predicted molar refractivity (Wildman–Crippen MR) is 140 cm³/mol. The smallest absolute Gasteiger partial charge is 0.311 e. The van der Waals surface area contributed by atoms with E-state index in [1.807, 2.05) is 7.11 Å². The molecule has 0 saturated heterocycles. The first kappa shape index (κ1) is 24.7. The summed E-state index contributed by atoms with van der Waals surface area (Å²) in [5.74, 6) is 4.04. The van der Waals surface area contributed by atoms with Gasteiger partial charge in [-0.15, -0.1) is 0 Å². The molecule has 2 unspecified atom stereocenters. The van der Waals surface area contributed by atoms with Crippen LogP contribution in [0.4, 0.5) is 0 Å². The van der Waals surface area contributed by atoms with Gasteiger partial charge in [-0.2, -0.15) is 0 Å². The van der Waals surface area contributed by atoms with Gasteiger partial charge in [0.25, 0.3) is 0 Å². The Kier molecular flexibility index (Phi) is 5.26. The van der Waals surface area contributed by atoms with Crippen molar-refractivity contribution in [1.82, 2.24) is 0 Å². The van der Waals surface area contributed by atoms with Crippen LogP contribution in [0, 0.1) is 45.8 Å². The monoisotopic (exact) mass is 500 g/mol. The average molecular weight is 501 g/mol. The predicted octanol–water partition coefficient (Wildman–Crippen LogP) is 7.10. The molecule has 0 amide bonds. The summed E-state index contributed by atoms with van der Waals surface area (Å²) in [6.45, 7) is 17.5. The van der Waals surface area contributed by atoms with Crippen LogP contribution >= 0.6 is 0 Å². The second-order valence-electron chi connectivity index (χ2n) is 15.1. The minimum atomic E-state index is -1.91. The lowest BCUT2D eigenvalue weighted by molar-refractivity contribution is -0.159. The molecule has 4 nitrogen and oxygen atoms in total. The van der Waals surface area contributed by atoms with Gasteiger partial charge in [-0.1, -0.05) is 34.6 Å². The molecule has 0 aromatic heterocycles. The molecule has 6 aliphatic rings. The van der Waals surface area contributed by atoms with Crippen molar-refractivity contribution in [2.45, 2.75) is 110 Å². The Hall–Kier alpha value is -0.653. The molecule has 4 fully saturated rings. The van der Waals surface area contributed by atoms with Gasteiger partial charge in [0.2, 0.25) is 0 Å². The molecule has 35 heavy (non-hydrogen) atoms. The number of carbonyl (C=O) groups excluding carboxylic acids is 1. The summed E-state index contributed by atoms with van der Waals surface area (Å²) in [5.41, 5.74) is 2.31. The Bertz CT molecular complexity index is 964. The first-order valence-corrected chi connectivity index (χ1v) is 17.3. The molecule has 4 saturated carbocycles. The van der Waals surface area contributed by atoms with Crippen molar-refractivity contribution in [1.29, 1.82) is 0 Å². The summed E-state index contributed by atoms with van der Waals surface area (Å²) in [4.78, 5) is 12.5. The molecule has 0 aromatic rings. The summed E-state index contributed by atoms with van der Waals surface area (Å²) < 4.78 is 19.4. The minimum Gasteiger partial charge on any atom is -0.431 e. The second kappa shape index (κ2) is 7.47. The fourth-order valence-electron chi connectivity index (χ4n) is 10.2. The normalized spacial score (nSPS) is 48.5. The third-order valence-electron chi connectivity index (χ3n) is 13.0. The van der Waals surface area contributed by atoms with E-state index < -0.39 is 8.32 Å². The summed E-state index contributed by atoms with van der Waals surface area (Å²) in [5, 5.41) is 0.188. The summed E-state index contributed by atoms with van der Waals surface area (Å²) >= 11 is 0. The van der Waals surface area contributed by atoms with E-state index in [-0.39, 0.29) is 22.3 Å². The number of ether oxygens (including phenoxy) is 2. The highest BCUT2D eigenvalue weighted by atomic mass is 28.4. The summed E-state index contributed by atoms with van der Waals surface area (Å²) in [6, 6.07) is 0. The van der Waals surface area contributed by atoms with E-state index in [0.29, 0.717) is 35.2 Å². The average Bonchev–Trinajstić information content (AvgIpc) is 3.28. The molecule has 1 heterocycles. The van der Waals surface area contributed by atoms with E-state index in [1.165, 1.54) is 44.1 Å². The third-order valence-corrected chi connectivity index (χ3v) is 17.5. The number of methoxy groups -OCH3 is 1. The number of fused-ring (bicyclic) bond motifs is 5. The number of allylic oxidation sites excluding steroid dienone is 1. The van der Waals surface area contributed by atoms with Crippen molar-refractivity contribution in [3.8, 4) is 0 Å². The molecular formula is C30H48O4Si. The SMILES string of the molecule is CO[C@@H]1C[C@H]2[C@@H]3CC4=C([C@H](C)CC(=O)O4)[C@@]3(CO[Si](C)(C)C(C)(C)C)CC[C@@H]2[C@@]2(C)CCC3CC312. The van der Waals surface area contributed by atoms with Crippen LogP contribution in [0.1, 0.15) is 86.0 Å². The zero-order valence-electron chi connectivity index (χ0n) is 23.5. The molecule has 0 radical (unpaired) electrons. The first-order valence-electron chi connectivity index (χ1n) is 14.4. The quantitative estimate of drug-likeness (QED) is 0.305. The molecule has 5 heteroatoms. The van der Waals surface area contributed by atoms with Gasteiger partial charge in [0.1, 0.15) is 5.76 Å². The van der Waals surface area contributed by atoms with Gasteiger partial charge >= 0.3 is 5.97 Å². The van der Waals surface area contributed by atoms with Crippen molar-refractivity contribution >= 4 is 14.3 Å². The minimum absolute atomic E-state index is 0.0207. The number of esters is 1. The van der Waals surface area contributed by atoms with Gasteiger partial charge in [0.05, 0.1) is 12.5 Å². The van der Waals surface area contributed by atoms with Crippen LogP contribution in [0.5, 0.6) is 0 Å². The molecule has 0 N–H and O–H groups in total. The van der Waals surface area contributed by atoms with Gasteiger partial charge in [0, 0.05) is 31.0 Å². The summed E-state index contributed by atoms with van der Waals surface area (Å²) in [6.07, 6.45) is 9.66. The Balaban J connectivity index is 1.39. The maximum Gasteiger partial charge on any atom is 0.311 e. The number of hydrogen-bond acceptors (Lipinski definition) is 4. The number of rotatable bonds is 4. The molecule has 1 aliphatic heterocycles. The van der Waals surface area contributed by atoms with Crippen LogP contribution in [-0.4, -0.2) is 34.1 Å². The van der Waals surface area contributed by atoms with Crippen molar-refractivity contribution in [2.24, 2.45) is 45.8 Å². The highest BCUT2D eigenvalue weighted by Gasteiger charge is 2.78. The topological polar surface area (TPSA) is 44.8 Å². The van der Waals surface area contributed by atoms with Gasteiger partial charge in [0.15, 0.2) is 8.32 Å². The maximum atomic E-state index is 12.5. The van der Waals surface area contributed by atoms with Crippen LogP contribution in [0.25, 0.3) is 0 Å². The molecule has 6 rings (SSSR count). The van der Waals surface area contributed by atoms with E-state index in [2.05, 4.69) is 47.7 Å². The lowest BCUT2D eigenvalue weighted by Crippen LogP contribution is -2.58. The van der Waals surface area contributed by atoms with E-state index in [9.17, 15) is 4.79 Å². The van der Waals surface area contributed by atoms with Crippen LogP contribution in [0.2, 0.25) is 18.1 Å². The Morgan fingerprint density at radius 1 is 1.11 bits per heavy atom. The van der Waals surface area contributed by atoms with Crippen LogP contribution in [0.3, 0.4) is 0 Å². The standard InChI is InChI=1S/C30H48O4Si/c1-18-13-25(31)34-23-15-22-20-14-24(32-6)30-16-19(30)9-11-28(30,5)21(20)10-12-29(22,26(18)23)17-33-35(7,8)27(2,3)4/h18-22,24H,9-17H2,1-8H3/t18-,19?,20-,21+,22+,24-,28-,29-,30?/m1/s1. The fourth-order valence-corrected chi connectivity index (χ4v) is 11.3. The van der Waals surface area contributed by atoms with Crippen LogP contribution in [-0.2, 0) is 18.7 Å². The Morgan fingerprint density at radius 3 is 2.51 bits per heavy atom. The second-order valence-corrected chi connectivity index (χ2v) is 19.9. The van der Waals surface area contributed by atoms with Crippen LogP contribution < -0.4 is 0 Å². The number of carbonyl (C=O) groups is 1. The van der Waals surface area contributed by atoms with E-state index in [0.717, 1.165) is 30.6 Å². The third kappa shape index (κ3) is 3.07. The largest absolute Gasteiger partial charge is 0.431 e. The highest BCUT2D eigenvalue weighted by molar-refractivity contribution is 6.74. The van der Waals surface area contributed by atoms with Gasteiger partial charge in [-0.05, 0) is 97.2 Å². The molecular weight excluding hydrogens is 452 g/mol. The van der Waals surface area contributed by atoms with E-state index in [1.54, 1.807) is 0 Å². The lowest BCUT2D eigenvalue weighted by Gasteiger charge is -2.61. The molecule has 5 aliphatic carbocycles. The fraction of sp³-hybridized carbons (Fsp3) is 0.900. The van der Waals surface area contributed by atoms with Gasteiger partial charge in [-0.25, -0.2) is 0 Å². The zero-order valence-corrected chi connectivity index (χ0v) is 24.5. The Labute approximate surface area is 214 Å². The van der Waals surface area contributed by atoms with Crippen molar-refractivity contribution in [2.75, 3.05) is 13.7 Å². The zero-order chi connectivity index (χ0) is 25.2. The molecule has 0 bridgehead atoms. The van der Waals surface area contributed by atoms with Gasteiger partial charge in [-0.3, -0.25) is 4.79 Å². The molecule has 9 atom stereocenters. The van der Waals surface area contributed by atoms with Crippen molar-refractivity contribution in [3.05, 3.63) is 11.3 Å². The Morgan fingerprint density at radius 2 is 1.86 bits per heavy atom. The highest BCUT2D eigenvalue weighted by Crippen LogP contribution is 2.82. The maximum absolute atomic E-state index is 12.5. The molecule has 0 aromatic carbocycles. The van der Waals surface area contributed by atoms with Crippen molar-refractivity contribution in [3.63, 3.8) is 0 Å². The number of hydrogen-bond donors (Lipinski definition) is 0. The van der Waals surface area contributed by atoms with E-state index in [4.69, 9.17) is 13.9 Å². The van der Waals surface area contributed by atoms with E-state index >= 15 is 0 Å². The lowest BCUT2D eigenvalue weighted by atomic mass is 9.45. The van der Waals surface area contributed by atoms with Crippen LogP contribution in [0.15, 0.2) is 11.3 Å². The first-order chi connectivity index (χ1) is 16.3.